The predicted molar refractivity (Wildman–Crippen MR) is 98.0 cm³/mol. The Labute approximate surface area is 158 Å². The number of hydrogen-bond donors (Lipinski definition) is 1. The number of piperidine rings is 1. The van der Waals surface area contributed by atoms with Gasteiger partial charge in [0, 0.05) is 19.6 Å². The minimum Gasteiger partial charge on any atom is -0.481 e. The Bertz CT molecular complexity index is 678. The lowest BCUT2D eigenvalue weighted by Gasteiger charge is -2.39. The highest BCUT2D eigenvalue weighted by atomic mass is 16.5. The van der Waals surface area contributed by atoms with E-state index < -0.39 is 12.0 Å². The van der Waals surface area contributed by atoms with Crippen molar-refractivity contribution < 1.29 is 24.2 Å². The van der Waals surface area contributed by atoms with Gasteiger partial charge in [0.05, 0.1) is 38.0 Å². The summed E-state index contributed by atoms with van der Waals surface area (Å²) in [5.41, 5.74) is 0.964. The molecule has 1 N–H and O–H groups in total. The zero-order valence-corrected chi connectivity index (χ0v) is 15.4. The monoisotopic (exact) mass is 374 g/mol. The number of rotatable bonds is 5. The lowest BCUT2D eigenvalue weighted by Crippen LogP contribution is -2.54. The van der Waals surface area contributed by atoms with Crippen LogP contribution in [0.1, 0.15) is 24.8 Å². The van der Waals surface area contributed by atoms with E-state index >= 15 is 0 Å². The van der Waals surface area contributed by atoms with Crippen LogP contribution < -0.4 is 0 Å². The molecule has 2 amide bonds. The number of benzene rings is 1. The molecule has 0 aromatic heterocycles. The first kappa shape index (κ1) is 19.4. The van der Waals surface area contributed by atoms with Crippen LogP contribution >= 0.6 is 0 Å². The van der Waals surface area contributed by atoms with Crippen molar-refractivity contribution in [3.8, 4) is 0 Å². The van der Waals surface area contributed by atoms with Crippen LogP contribution in [0, 0.1) is 5.92 Å². The number of amides is 2. The number of carboxylic acids is 1. The first-order chi connectivity index (χ1) is 13.0. The van der Waals surface area contributed by atoms with Crippen molar-refractivity contribution in [3.05, 3.63) is 35.9 Å². The molecule has 1 aromatic carbocycles. The van der Waals surface area contributed by atoms with Gasteiger partial charge in [-0.1, -0.05) is 30.3 Å². The molecule has 27 heavy (non-hydrogen) atoms. The molecular formula is C20H26N2O5. The van der Waals surface area contributed by atoms with Crippen LogP contribution in [0.4, 0.5) is 0 Å². The van der Waals surface area contributed by atoms with Gasteiger partial charge in [-0.25, -0.2) is 0 Å². The van der Waals surface area contributed by atoms with Crippen LogP contribution in [-0.2, 0) is 25.5 Å². The second-order valence-electron chi connectivity index (χ2n) is 7.20. The van der Waals surface area contributed by atoms with Gasteiger partial charge in [-0.05, 0) is 18.4 Å². The Morgan fingerprint density at radius 2 is 1.93 bits per heavy atom. The summed E-state index contributed by atoms with van der Waals surface area (Å²) in [6, 6.07) is 9.15. The molecule has 2 aliphatic rings. The molecular weight excluding hydrogens is 348 g/mol. The van der Waals surface area contributed by atoms with Crippen LogP contribution in [0.3, 0.4) is 0 Å². The Kier molecular flexibility index (Phi) is 6.45. The van der Waals surface area contributed by atoms with E-state index in [2.05, 4.69) is 0 Å². The Morgan fingerprint density at radius 1 is 1.15 bits per heavy atom. The van der Waals surface area contributed by atoms with Crippen molar-refractivity contribution in [1.82, 2.24) is 9.80 Å². The maximum absolute atomic E-state index is 13.0. The summed E-state index contributed by atoms with van der Waals surface area (Å²) in [5, 5.41) is 9.08. The fraction of sp³-hybridized carbons (Fsp3) is 0.550. The third-order valence-corrected chi connectivity index (χ3v) is 5.24. The van der Waals surface area contributed by atoms with E-state index in [1.54, 1.807) is 9.80 Å². The molecule has 1 aromatic rings. The molecule has 2 heterocycles. The smallest absolute Gasteiger partial charge is 0.305 e. The zero-order chi connectivity index (χ0) is 19.2. The van der Waals surface area contributed by atoms with Gasteiger partial charge in [0.1, 0.15) is 0 Å². The molecule has 2 atom stereocenters. The molecule has 0 aliphatic carbocycles. The fourth-order valence-corrected chi connectivity index (χ4v) is 3.84. The van der Waals surface area contributed by atoms with E-state index in [0.717, 1.165) is 18.4 Å². The molecule has 7 heteroatoms. The van der Waals surface area contributed by atoms with Gasteiger partial charge in [0.25, 0.3) is 0 Å². The van der Waals surface area contributed by atoms with Gasteiger partial charge in [-0.2, -0.15) is 0 Å². The van der Waals surface area contributed by atoms with Crippen LogP contribution in [0.25, 0.3) is 0 Å². The van der Waals surface area contributed by atoms with Crippen molar-refractivity contribution in [3.63, 3.8) is 0 Å². The Hall–Kier alpha value is -2.41. The first-order valence-electron chi connectivity index (χ1n) is 9.46. The van der Waals surface area contributed by atoms with Gasteiger partial charge >= 0.3 is 5.97 Å². The Morgan fingerprint density at radius 3 is 2.67 bits per heavy atom. The van der Waals surface area contributed by atoms with Crippen molar-refractivity contribution in [2.75, 3.05) is 32.8 Å². The molecule has 0 bridgehead atoms. The summed E-state index contributed by atoms with van der Waals surface area (Å²) >= 11 is 0. The number of nitrogens with zero attached hydrogens (tertiary/aromatic N) is 2. The molecule has 0 radical (unpaired) electrons. The maximum Gasteiger partial charge on any atom is 0.305 e. The lowest BCUT2D eigenvalue weighted by atomic mass is 9.94. The van der Waals surface area contributed by atoms with Crippen molar-refractivity contribution in [1.29, 1.82) is 0 Å². The number of morpholine rings is 1. The molecule has 7 nitrogen and oxygen atoms in total. The highest BCUT2D eigenvalue weighted by molar-refractivity contribution is 5.83. The summed E-state index contributed by atoms with van der Waals surface area (Å²) in [6.45, 7) is 2.15. The van der Waals surface area contributed by atoms with Crippen LogP contribution in [0.15, 0.2) is 30.3 Å². The number of ether oxygens (including phenoxy) is 1. The predicted octanol–water partition coefficient (Wildman–Crippen LogP) is 1.17. The largest absolute Gasteiger partial charge is 0.481 e. The standard InChI is InChI=1S/C20H26N2O5/c23-18(11-15-5-2-1-3-6-15)21-8-4-7-16(13-21)20(26)22-9-10-27-14-17(22)12-19(24)25/h1-3,5-6,16-17H,4,7-14H2,(H,24,25). The molecule has 3 rings (SSSR count). The molecule has 2 aliphatic heterocycles. The van der Waals surface area contributed by atoms with Crippen molar-refractivity contribution in [2.45, 2.75) is 31.7 Å². The van der Waals surface area contributed by atoms with E-state index in [-0.39, 0.29) is 30.8 Å². The second kappa shape index (κ2) is 8.99. The summed E-state index contributed by atoms with van der Waals surface area (Å²) < 4.78 is 5.35. The second-order valence-corrected chi connectivity index (χ2v) is 7.20. The molecule has 2 fully saturated rings. The quantitative estimate of drug-likeness (QED) is 0.836. The van der Waals surface area contributed by atoms with Gasteiger partial charge < -0.3 is 19.6 Å². The van der Waals surface area contributed by atoms with E-state index in [9.17, 15) is 14.4 Å². The van der Waals surface area contributed by atoms with E-state index in [1.807, 2.05) is 30.3 Å². The minimum absolute atomic E-state index is 0.0303. The maximum atomic E-state index is 13.0. The van der Waals surface area contributed by atoms with E-state index in [1.165, 1.54) is 0 Å². The highest BCUT2D eigenvalue weighted by Gasteiger charge is 2.36. The number of carbonyl (C=O) groups excluding carboxylic acids is 2. The topological polar surface area (TPSA) is 87.2 Å². The molecule has 2 unspecified atom stereocenters. The molecule has 146 valence electrons. The number of hydrogen-bond acceptors (Lipinski definition) is 4. The summed E-state index contributed by atoms with van der Waals surface area (Å²) in [6.07, 6.45) is 1.73. The number of carbonyl (C=O) groups is 3. The SMILES string of the molecule is O=C(O)CC1COCCN1C(=O)C1CCCN(C(=O)Cc2ccccc2)C1. The highest BCUT2D eigenvalue weighted by Crippen LogP contribution is 2.23. The minimum atomic E-state index is -0.938. The average Bonchev–Trinajstić information content (AvgIpc) is 2.68. The number of likely N-dealkylation sites (tertiary alicyclic amines) is 1. The normalized spacial score (nSPS) is 23.1. The fourth-order valence-electron chi connectivity index (χ4n) is 3.84. The average molecular weight is 374 g/mol. The van der Waals surface area contributed by atoms with Gasteiger partial charge in [-0.3, -0.25) is 14.4 Å². The zero-order valence-electron chi connectivity index (χ0n) is 15.4. The van der Waals surface area contributed by atoms with E-state index in [4.69, 9.17) is 9.84 Å². The number of aliphatic carboxylic acids is 1. The van der Waals surface area contributed by atoms with Gasteiger partial charge in [-0.15, -0.1) is 0 Å². The summed E-state index contributed by atoms with van der Waals surface area (Å²) in [4.78, 5) is 40.1. The third kappa shape index (κ3) is 5.07. The summed E-state index contributed by atoms with van der Waals surface area (Å²) in [5.74, 6) is -1.23. The number of carboxylic acid groups (broad SMARTS) is 1. The first-order valence-corrected chi connectivity index (χ1v) is 9.46. The lowest BCUT2D eigenvalue weighted by molar-refractivity contribution is -0.151. The van der Waals surface area contributed by atoms with Crippen molar-refractivity contribution >= 4 is 17.8 Å². The van der Waals surface area contributed by atoms with Gasteiger partial charge in [0.15, 0.2) is 0 Å². The van der Waals surface area contributed by atoms with Crippen LogP contribution in [0.2, 0.25) is 0 Å². The van der Waals surface area contributed by atoms with Crippen LogP contribution in [0.5, 0.6) is 0 Å². The molecule has 0 spiro atoms. The molecule has 0 saturated carbocycles. The third-order valence-electron chi connectivity index (χ3n) is 5.24. The Balaban J connectivity index is 1.61. The van der Waals surface area contributed by atoms with Crippen molar-refractivity contribution in [2.24, 2.45) is 5.92 Å². The molecule has 2 saturated heterocycles. The van der Waals surface area contributed by atoms with Gasteiger partial charge in [0.2, 0.25) is 11.8 Å². The van der Waals surface area contributed by atoms with Crippen LogP contribution in [-0.4, -0.2) is 71.6 Å². The van der Waals surface area contributed by atoms with E-state index in [0.29, 0.717) is 32.7 Å². The summed E-state index contributed by atoms with van der Waals surface area (Å²) in [7, 11) is 0.